The molecular weight excluding hydrogens is 212 g/mol. The van der Waals surface area contributed by atoms with Crippen molar-refractivity contribution in [1.29, 1.82) is 0 Å². The molecule has 100 valence electrons. The Bertz CT molecular complexity index is 234. The van der Waals surface area contributed by atoms with Gasteiger partial charge in [-0.05, 0) is 38.5 Å². The zero-order valence-corrected chi connectivity index (χ0v) is 11.8. The molecule has 0 aromatic carbocycles. The maximum atomic E-state index is 11.7. The van der Waals surface area contributed by atoms with Gasteiger partial charge in [0.15, 0.2) is 0 Å². The molecule has 0 aromatic rings. The average Bonchev–Trinajstić information content (AvgIpc) is 2.79. The van der Waals surface area contributed by atoms with Crippen molar-refractivity contribution < 1.29 is 4.79 Å². The lowest BCUT2D eigenvalue weighted by molar-refractivity contribution is -0.121. The number of hydrogen-bond acceptors (Lipinski definition) is 2. The molecule has 1 aliphatic rings. The molecule has 0 radical (unpaired) electrons. The van der Waals surface area contributed by atoms with Crippen LogP contribution >= 0.6 is 0 Å². The summed E-state index contributed by atoms with van der Waals surface area (Å²) in [5.74, 6) is 1.38. The van der Waals surface area contributed by atoms with Crippen LogP contribution in [0.2, 0.25) is 0 Å². The van der Waals surface area contributed by atoms with Crippen LogP contribution in [0.1, 0.15) is 53.4 Å². The van der Waals surface area contributed by atoms with Gasteiger partial charge >= 0.3 is 0 Å². The highest BCUT2D eigenvalue weighted by molar-refractivity contribution is 5.78. The first-order valence-electron chi connectivity index (χ1n) is 7.03. The van der Waals surface area contributed by atoms with Gasteiger partial charge in [-0.2, -0.15) is 0 Å². The Kier molecular flexibility index (Phi) is 5.96. The van der Waals surface area contributed by atoms with Crippen LogP contribution in [0.15, 0.2) is 0 Å². The van der Waals surface area contributed by atoms with Crippen LogP contribution < -0.4 is 10.6 Å². The zero-order chi connectivity index (χ0) is 12.8. The summed E-state index contributed by atoms with van der Waals surface area (Å²) in [6.45, 7) is 8.96. The minimum Gasteiger partial charge on any atom is -0.352 e. The fourth-order valence-corrected chi connectivity index (χ4v) is 2.35. The number of hydrogen-bond donors (Lipinski definition) is 2. The van der Waals surface area contributed by atoms with Crippen LogP contribution in [-0.2, 0) is 4.79 Å². The maximum Gasteiger partial charge on any atom is 0.234 e. The Morgan fingerprint density at radius 3 is 2.29 bits per heavy atom. The molecule has 3 heteroatoms. The van der Waals surface area contributed by atoms with E-state index in [9.17, 15) is 4.79 Å². The summed E-state index contributed by atoms with van der Waals surface area (Å²) in [5.41, 5.74) is 0. The summed E-state index contributed by atoms with van der Waals surface area (Å²) >= 11 is 0. The first-order valence-corrected chi connectivity index (χ1v) is 7.03. The van der Waals surface area contributed by atoms with E-state index in [0.717, 1.165) is 5.92 Å². The molecule has 0 aromatic heterocycles. The minimum absolute atomic E-state index is 0.121. The van der Waals surface area contributed by atoms with Gasteiger partial charge in [-0.1, -0.05) is 26.7 Å². The lowest BCUT2D eigenvalue weighted by Crippen LogP contribution is -2.44. The molecule has 1 saturated carbocycles. The van der Waals surface area contributed by atoms with Crippen molar-refractivity contribution in [1.82, 2.24) is 10.6 Å². The quantitative estimate of drug-likeness (QED) is 0.748. The topological polar surface area (TPSA) is 41.1 Å². The molecular formula is C14H28N2O. The zero-order valence-electron chi connectivity index (χ0n) is 11.8. The lowest BCUT2D eigenvalue weighted by Gasteiger charge is -2.22. The molecule has 2 unspecified atom stereocenters. The molecule has 0 spiro atoms. The van der Waals surface area contributed by atoms with Gasteiger partial charge in [-0.25, -0.2) is 0 Å². The Morgan fingerprint density at radius 2 is 1.76 bits per heavy atom. The van der Waals surface area contributed by atoms with Crippen molar-refractivity contribution in [3.05, 3.63) is 0 Å². The second kappa shape index (κ2) is 7.00. The number of amides is 1. The van der Waals surface area contributed by atoms with Crippen molar-refractivity contribution in [2.45, 2.75) is 65.5 Å². The van der Waals surface area contributed by atoms with E-state index in [-0.39, 0.29) is 11.9 Å². The van der Waals surface area contributed by atoms with Gasteiger partial charge < -0.3 is 10.6 Å². The third-order valence-electron chi connectivity index (χ3n) is 4.08. The van der Waals surface area contributed by atoms with Gasteiger partial charge in [0, 0.05) is 12.1 Å². The summed E-state index contributed by atoms with van der Waals surface area (Å²) in [4.78, 5) is 11.7. The Morgan fingerprint density at radius 1 is 1.18 bits per heavy atom. The molecule has 0 bridgehead atoms. The third kappa shape index (κ3) is 5.07. The summed E-state index contributed by atoms with van der Waals surface area (Å²) < 4.78 is 0. The highest BCUT2D eigenvalue weighted by Crippen LogP contribution is 2.27. The van der Waals surface area contributed by atoms with E-state index in [4.69, 9.17) is 0 Å². The van der Waals surface area contributed by atoms with Crippen molar-refractivity contribution in [3.63, 3.8) is 0 Å². The number of nitrogens with one attached hydrogen (secondary N) is 2. The molecule has 0 saturated heterocycles. The largest absolute Gasteiger partial charge is 0.352 e. The predicted molar refractivity (Wildman–Crippen MR) is 71.9 cm³/mol. The second-order valence-corrected chi connectivity index (χ2v) is 5.81. The van der Waals surface area contributed by atoms with E-state index in [1.54, 1.807) is 0 Å². The molecule has 1 fully saturated rings. The molecule has 3 nitrogen and oxygen atoms in total. The van der Waals surface area contributed by atoms with E-state index in [1.165, 1.54) is 25.7 Å². The molecule has 1 rings (SSSR count). The van der Waals surface area contributed by atoms with Gasteiger partial charge in [0.25, 0.3) is 0 Å². The number of rotatable bonds is 6. The number of carbonyl (C=O) groups is 1. The highest BCUT2D eigenvalue weighted by atomic mass is 16.1. The predicted octanol–water partition coefficient (Wildman–Crippen LogP) is 2.32. The summed E-state index contributed by atoms with van der Waals surface area (Å²) in [6, 6.07) is 0.726. The number of carbonyl (C=O) groups excluding carboxylic acids is 1. The van der Waals surface area contributed by atoms with E-state index in [0.29, 0.717) is 18.5 Å². The van der Waals surface area contributed by atoms with Crippen LogP contribution in [0.25, 0.3) is 0 Å². The highest BCUT2D eigenvalue weighted by Gasteiger charge is 2.21. The normalized spacial score (nSPS) is 20.5. The third-order valence-corrected chi connectivity index (χ3v) is 4.08. The van der Waals surface area contributed by atoms with Crippen LogP contribution in [0, 0.1) is 11.8 Å². The Balaban J connectivity index is 2.18. The van der Waals surface area contributed by atoms with Crippen molar-refractivity contribution >= 4 is 5.91 Å². The van der Waals surface area contributed by atoms with Crippen LogP contribution in [-0.4, -0.2) is 24.5 Å². The Hall–Kier alpha value is -0.570. The summed E-state index contributed by atoms with van der Waals surface area (Å²) in [6.07, 6.45) is 5.34. The molecule has 0 aliphatic heterocycles. The van der Waals surface area contributed by atoms with Crippen LogP contribution in [0.4, 0.5) is 0 Å². The molecule has 17 heavy (non-hydrogen) atoms. The van der Waals surface area contributed by atoms with Gasteiger partial charge in [0.05, 0.1) is 6.54 Å². The molecule has 2 atom stereocenters. The maximum absolute atomic E-state index is 11.7. The van der Waals surface area contributed by atoms with Crippen molar-refractivity contribution in [2.24, 2.45) is 11.8 Å². The first kappa shape index (κ1) is 14.5. The first-order chi connectivity index (χ1) is 8.00. The second-order valence-electron chi connectivity index (χ2n) is 5.81. The average molecular weight is 240 g/mol. The summed E-state index contributed by atoms with van der Waals surface area (Å²) in [5, 5.41) is 6.38. The Labute approximate surface area is 106 Å². The van der Waals surface area contributed by atoms with Crippen molar-refractivity contribution in [2.75, 3.05) is 6.54 Å². The fraction of sp³-hybridized carbons (Fsp3) is 0.929. The molecule has 0 heterocycles. The minimum atomic E-state index is 0.121. The van der Waals surface area contributed by atoms with Gasteiger partial charge in [-0.15, -0.1) is 0 Å². The van der Waals surface area contributed by atoms with Crippen LogP contribution in [0.5, 0.6) is 0 Å². The fourth-order valence-electron chi connectivity index (χ4n) is 2.35. The standard InChI is InChI=1S/C14H28N2O/c1-10(2)11(3)16-14(17)9-15-12(4)13-7-5-6-8-13/h10-13,15H,5-9H2,1-4H3,(H,16,17). The summed E-state index contributed by atoms with van der Waals surface area (Å²) in [7, 11) is 0. The SMILES string of the molecule is CC(C)C(C)NC(=O)CNC(C)C1CCCC1. The smallest absolute Gasteiger partial charge is 0.234 e. The van der Waals surface area contributed by atoms with Gasteiger partial charge in [-0.3, -0.25) is 4.79 Å². The van der Waals surface area contributed by atoms with E-state index < -0.39 is 0 Å². The molecule has 1 amide bonds. The molecule has 1 aliphatic carbocycles. The monoisotopic (exact) mass is 240 g/mol. The van der Waals surface area contributed by atoms with Crippen molar-refractivity contribution in [3.8, 4) is 0 Å². The van der Waals surface area contributed by atoms with Crippen LogP contribution in [0.3, 0.4) is 0 Å². The van der Waals surface area contributed by atoms with E-state index in [1.807, 2.05) is 0 Å². The lowest BCUT2D eigenvalue weighted by atomic mass is 10.00. The van der Waals surface area contributed by atoms with Gasteiger partial charge in [0.1, 0.15) is 0 Å². The van der Waals surface area contributed by atoms with E-state index >= 15 is 0 Å². The van der Waals surface area contributed by atoms with Gasteiger partial charge in [0.2, 0.25) is 5.91 Å². The molecule has 2 N–H and O–H groups in total. The van der Waals surface area contributed by atoms with E-state index in [2.05, 4.69) is 38.3 Å².